The van der Waals surface area contributed by atoms with Crippen LogP contribution in [0.25, 0.3) is 0 Å². The minimum atomic E-state index is -0.917. The predicted molar refractivity (Wildman–Crippen MR) is 57.1 cm³/mol. The van der Waals surface area contributed by atoms with Crippen LogP contribution in [0.1, 0.15) is 23.3 Å². The van der Waals surface area contributed by atoms with E-state index in [4.69, 9.17) is 5.11 Å². The van der Waals surface area contributed by atoms with Crippen molar-refractivity contribution in [3.63, 3.8) is 0 Å². The highest BCUT2D eigenvalue weighted by molar-refractivity contribution is 5.95. The first-order valence-corrected chi connectivity index (χ1v) is 5.26. The molecule has 1 atom stereocenters. The molecule has 0 aromatic carbocycles. The molecule has 0 bridgehead atoms. The summed E-state index contributed by atoms with van der Waals surface area (Å²) in [6.07, 6.45) is 3.08. The smallest absolute Gasteiger partial charge is 0.326 e. The van der Waals surface area contributed by atoms with E-state index in [-0.39, 0.29) is 5.91 Å². The largest absolute Gasteiger partial charge is 0.480 e. The molecule has 1 amide bonds. The molecule has 1 aliphatic heterocycles. The van der Waals surface area contributed by atoms with Gasteiger partial charge in [-0.3, -0.25) is 4.79 Å². The maximum absolute atomic E-state index is 12.1. The fraction of sp³-hybridized carbons (Fsp3) is 0.455. The van der Waals surface area contributed by atoms with Gasteiger partial charge in [0.05, 0.1) is 0 Å². The maximum Gasteiger partial charge on any atom is 0.326 e. The lowest BCUT2D eigenvalue weighted by Crippen LogP contribution is -2.41. The van der Waals surface area contributed by atoms with Crippen LogP contribution >= 0.6 is 0 Å². The molecule has 1 aromatic rings. The van der Waals surface area contributed by atoms with E-state index in [9.17, 15) is 9.59 Å². The van der Waals surface area contributed by atoms with Gasteiger partial charge in [0.2, 0.25) is 0 Å². The van der Waals surface area contributed by atoms with Crippen molar-refractivity contribution in [1.29, 1.82) is 0 Å². The normalized spacial score (nSPS) is 20.1. The van der Waals surface area contributed by atoms with Crippen molar-refractivity contribution in [2.45, 2.75) is 18.9 Å². The second-order valence-corrected chi connectivity index (χ2v) is 4.00. The van der Waals surface area contributed by atoms with Gasteiger partial charge in [-0.2, -0.15) is 0 Å². The molecule has 0 aliphatic carbocycles. The minimum absolute atomic E-state index is 0.197. The Kier molecular flexibility index (Phi) is 2.68. The standard InChI is InChI=1S/C11H14N2O3/c1-12-6-2-4-8(12)10(14)13-7-3-5-9(13)11(15)16/h2,4,6,9H,3,5,7H2,1H3,(H,15,16). The third-order valence-electron chi connectivity index (χ3n) is 2.96. The number of carbonyl (C=O) groups excluding carboxylic acids is 1. The Morgan fingerprint density at radius 1 is 1.50 bits per heavy atom. The summed E-state index contributed by atoms with van der Waals surface area (Å²) in [5.74, 6) is -1.11. The summed E-state index contributed by atoms with van der Waals surface area (Å²) in [4.78, 5) is 24.5. The first-order valence-electron chi connectivity index (χ1n) is 5.26. The molecule has 1 fully saturated rings. The van der Waals surface area contributed by atoms with Gasteiger partial charge in [-0.05, 0) is 25.0 Å². The van der Waals surface area contributed by atoms with E-state index >= 15 is 0 Å². The summed E-state index contributed by atoms with van der Waals surface area (Å²) in [5.41, 5.74) is 0.535. The highest BCUT2D eigenvalue weighted by atomic mass is 16.4. The molecule has 1 aromatic heterocycles. The Morgan fingerprint density at radius 3 is 2.81 bits per heavy atom. The van der Waals surface area contributed by atoms with E-state index in [0.29, 0.717) is 18.7 Å². The monoisotopic (exact) mass is 222 g/mol. The minimum Gasteiger partial charge on any atom is -0.480 e. The second kappa shape index (κ2) is 4.00. The number of carboxylic acid groups (broad SMARTS) is 1. The summed E-state index contributed by atoms with van der Waals surface area (Å²) in [6, 6.07) is 2.82. The molecular weight excluding hydrogens is 208 g/mol. The number of rotatable bonds is 2. The van der Waals surface area contributed by atoms with Crippen LogP contribution in [-0.2, 0) is 11.8 Å². The van der Waals surface area contributed by atoms with Crippen LogP contribution in [0, 0.1) is 0 Å². The Bertz CT molecular complexity index is 425. The van der Waals surface area contributed by atoms with E-state index in [0.717, 1.165) is 6.42 Å². The van der Waals surface area contributed by atoms with Crippen LogP contribution in [0.15, 0.2) is 18.3 Å². The van der Waals surface area contributed by atoms with Gasteiger partial charge in [0.1, 0.15) is 11.7 Å². The van der Waals surface area contributed by atoms with Crippen LogP contribution < -0.4 is 0 Å². The van der Waals surface area contributed by atoms with Crippen molar-refractivity contribution in [2.75, 3.05) is 6.54 Å². The van der Waals surface area contributed by atoms with Crippen LogP contribution in [0.3, 0.4) is 0 Å². The summed E-state index contributed by atoms with van der Waals surface area (Å²) in [6.45, 7) is 0.529. The van der Waals surface area contributed by atoms with Gasteiger partial charge >= 0.3 is 5.97 Å². The van der Waals surface area contributed by atoms with Gasteiger partial charge in [-0.25, -0.2) is 4.79 Å². The number of likely N-dealkylation sites (tertiary alicyclic amines) is 1. The molecule has 1 aliphatic rings. The molecule has 1 unspecified atom stereocenters. The van der Waals surface area contributed by atoms with E-state index in [1.165, 1.54) is 4.90 Å². The third-order valence-corrected chi connectivity index (χ3v) is 2.96. The third kappa shape index (κ3) is 1.68. The highest BCUT2D eigenvalue weighted by Gasteiger charge is 2.34. The SMILES string of the molecule is Cn1cccc1C(=O)N1CCCC1C(=O)O. The molecule has 5 heteroatoms. The lowest BCUT2D eigenvalue weighted by Gasteiger charge is -2.21. The van der Waals surface area contributed by atoms with Crippen molar-refractivity contribution < 1.29 is 14.7 Å². The number of carbonyl (C=O) groups is 2. The molecule has 0 spiro atoms. The van der Waals surface area contributed by atoms with E-state index < -0.39 is 12.0 Å². The number of aryl methyl sites for hydroxylation is 1. The van der Waals surface area contributed by atoms with Crippen molar-refractivity contribution in [3.05, 3.63) is 24.0 Å². The first kappa shape index (κ1) is 10.7. The van der Waals surface area contributed by atoms with Crippen LogP contribution in [0.5, 0.6) is 0 Å². The lowest BCUT2D eigenvalue weighted by atomic mass is 10.2. The van der Waals surface area contributed by atoms with Crippen molar-refractivity contribution in [1.82, 2.24) is 9.47 Å². The Morgan fingerprint density at radius 2 is 2.25 bits per heavy atom. The van der Waals surface area contributed by atoms with Gasteiger partial charge in [0, 0.05) is 19.8 Å². The molecule has 2 rings (SSSR count). The number of hydrogen-bond acceptors (Lipinski definition) is 2. The Hall–Kier alpha value is -1.78. The zero-order chi connectivity index (χ0) is 11.7. The zero-order valence-electron chi connectivity index (χ0n) is 9.09. The summed E-state index contributed by atoms with van der Waals surface area (Å²) < 4.78 is 1.71. The van der Waals surface area contributed by atoms with Crippen molar-refractivity contribution >= 4 is 11.9 Å². The first-order chi connectivity index (χ1) is 7.61. The molecule has 1 saturated heterocycles. The molecule has 16 heavy (non-hydrogen) atoms. The van der Waals surface area contributed by atoms with Crippen LogP contribution in [-0.4, -0.2) is 39.0 Å². The van der Waals surface area contributed by atoms with E-state index in [1.54, 1.807) is 29.9 Å². The Labute approximate surface area is 93.3 Å². The molecule has 2 heterocycles. The molecule has 5 nitrogen and oxygen atoms in total. The predicted octanol–water partition coefficient (Wildman–Crippen LogP) is 0.714. The molecule has 0 saturated carbocycles. The van der Waals surface area contributed by atoms with E-state index in [1.807, 2.05) is 0 Å². The highest BCUT2D eigenvalue weighted by Crippen LogP contribution is 2.20. The summed E-state index contributed by atoms with van der Waals surface area (Å²) >= 11 is 0. The average Bonchev–Trinajstić information content (AvgIpc) is 2.84. The molecule has 1 N–H and O–H groups in total. The number of aliphatic carboxylic acids is 1. The second-order valence-electron chi connectivity index (χ2n) is 4.00. The van der Waals surface area contributed by atoms with Gasteiger partial charge < -0.3 is 14.6 Å². The van der Waals surface area contributed by atoms with Gasteiger partial charge in [-0.15, -0.1) is 0 Å². The van der Waals surface area contributed by atoms with Crippen molar-refractivity contribution in [2.24, 2.45) is 7.05 Å². The molecular formula is C11H14N2O3. The van der Waals surface area contributed by atoms with Gasteiger partial charge in [-0.1, -0.05) is 0 Å². The Balaban J connectivity index is 2.22. The number of aromatic nitrogens is 1. The topological polar surface area (TPSA) is 62.5 Å². The maximum atomic E-state index is 12.1. The quantitative estimate of drug-likeness (QED) is 0.801. The lowest BCUT2D eigenvalue weighted by molar-refractivity contribution is -0.141. The van der Waals surface area contributed by atoms with Crippen LogP contribution in [0.2, 0.25) is 0 Å². The van der Waals surface area contributed by atoms with Gasteiger partial charge in [0.15, 0.2) is 0 Å². The van der Waals surface area contributed by atoms with Crippen LogP contribution in [0.4, 0.5) is 0 Å². The van der Waals surface area contributed by atoms with E-state index in [2.05, 4.69) is 0 Å². The fourth-order valence-corrected chi connectivity index (χ4v) is 2.10. The number of nitrogens with zero attached hydrogens (tertiary/aromatic N) is 2. The van der Waals surface area contributed by atoms with Crippen molar-refractivity contribution in [3.8, 4) is 0 Å². The number of carboxylic acids is 1. The summed E-state index contributed by atoms with van der Waals surface area (Å²) in [7, 11) is 1.78. The van der Waals surface area contributed by atoms with Gasteiger partial charge in [0.25, 0.3) is 5.91 Å². The number of amides is 1. The number of hydrogen-bond donors (Lipinski definition) is 1. The average molecular weight is 222 g/mol. The molecule has 86 valence electrons. The molecule has 0 radical (unpaired) electrons. The summed E-state index contributed by atoms with van der Waals surface area (Å²) in [5, 5.41) is 9.00. The zero-order valence-corrected chi connectivity index (χ0v) is 9.09. The fourth-order valence-electron chi connectivity index (χ4n) is 2.10.